The Kier molecular flexibility index (Phi) is 3.90. The first-order valence-corrected chi connectivity index (χ1v) is 8.95. The molecule has 22 heavy (non-hydrogen) atoms. The van der Waals surface area contributed by atoms with Crippen molar-refractivity contribution in [2.24, 2.45) is 0 Å². The molecule has 0 nitrogen and oxygen atoms in total. The molecule has 1 heterocycles. The Balaban J connectivity index is 1.68. The summed E-state index contributed by atoms with van der Waals surface area (Å²) in [5.74, 6) is 0. The summed E-state index contributed by atoms with van der Waals surface area (Å²) in [7, 11) is 0. The third-order valence-electron chi connectivity index (χ3n) is 4.56. The van der Waals surface area contributed by atoms with Crippen LogP contribution < -0.4 is 0 Å². The van der Waals surface area contributed by atoms with Crippen LogP contribution in [0.4, 0.5) is 0 Å². The van der Waals surface area contributed by atoms with Gasteiger partial charge in [-0.1, -0.05) is 66.4 Å². The molecule has 1 fully saturated rings. The largest absolute Gasteiger partial charge is 0.0940 e. The molecule has 0 radical (unpaired) electrons. The van der Waals surface area contributed by atoms with Crippen molar-refractivity contribution in [1.82, 2.24) is 0 Å². The lowest BCUT2D eigenvalue weighted by molar-refractivity contribution is 0.907. The van der Waals surface area contributed by atoms with Crippen molar-refractivity contribution in [3.05, 3.63) is 81.8 Å². The highest BCUT2D eigenvalue weighted by Crippen LogP contribution is 2.45. The zero-order valence-electron chi connectivity index (χ0n) is 12.7. The first kappa shape index (κ1) is 13.9. The molecular formula is C21H20S. The fourth-order valence-electron chi connectivity index (χ4n) is 3.45. The minimum atomic E-state index is 1.20. The molecule has 2 aromatic carbocycles. The summed E-state index contributed by atoms with van der Waals surface area (Å²) in [6.07, 6.45) is 8.60. The Morgan fingerprint density at radius 1 is 0.773 bits per heavy atom. The Labute approximate surface area is 137 Å². The Hall–Kier alpha value is -1.73. The Bertz CT molecular complexity index is 738. The Morgan fingerprint density at radius 3 is 2.50 bits per heavy atom. The van der Waals surface area contributed by atoms with E-state index in [2.05, 4.69) is 60.7 Å². The lowest BCUT2D eigenvalue weighted by Gasteiger charge is -2.20. The van der Waals surface area contributed by atoms with E-state index in [0.717, 1.165) is 0 Å². The van der Waals surface area contributed by atoms with Gasteiger partial charge in [-0.15, -0.1) is 0 Å². The van der Waals surface area contributed by atoms with Crippen molar-refractivity contribution in [2.45, 2.75) is 37.0 Å². The summed E-state index contributed by atoms with van der Waals surface area (Å²) in [6.45, 7) is 0. The first-order chi connectivity index (χ1) is 10.9. The normalized spacial score (nSPS) is 22.8. The molecule has 0 aromatic heterocycles. The van der Waals surface area contributed by atoms with Crippen LogP contribution in [-0.4, -0.2) is 0 Å². The molecule has 0 bridgehead atoms. The lowest BCUT2D eigenvalue weighted by Crippen LogP contribution is -1.99. The van der Waals surface area contributed by atoms with E-state index in [-0.39, 0.29) is 0 Å². The van der Waals surface area contributed by atoms with Crippen molar-refractivity contribution in [3.63, 3.8) is 0 Å². The zero-order chi connectivity index (χ0) is 14.8. The van der Waals surface area contributed by atoms with Gasteiger partial charge in [-0.25, -0.2) is 0 Å². The van der Waals surface area contributed by atoms with Gasteiger partial charge in [-0.05, 0) is 65.3 Å². The van der Waals surface area contributed by atoms with Crippen molar-refractivity contribution in [2.75, 3.05) is 0 Å². The number of thioether (sulfide) groups is 1. The molecule has 0 atom stereocenters. The fraction of sp³-hybridized carbons (Fsp3) is 0.238. The zero-order valence-corrected chi connectivity index (χ0v) is 13.5. The van der Waals surface area contributed by atoms with Crippen molar-refractivity contribution >= 4 is 17.8 Å². The van der Waals surface area contributed by atoms with Crippen LogP contribution in [0.3, 0.4) is 0 Å². The SMILES string of the molecule is C(=C1/CCC/C1=C1\CCc2ccccc2S1)/c1ccccc1. The van der Waals surface area contributed by atoms with E-state index in [0.29, 0.717) is 0 Å². The number of allylic oxidation sites excluding steroid dienone is 3. The molecular weight excluding hydrogens is 284 g/mol. The van der Waals surface area contributed by atoms with Crippen LogP contribution in [0, 0.1) is 0 Å². The van der Waals surface area contributed by atoms with Crippen molar-refractivity contribution < 1.29 is 0 Å². The molecule has 1 saturated carbocycles. The molecule has 0 saturated heterocycles. The summed E-state index contributed by atoms with van der Waals surface area (Å²) in [5.41, 5.74) is 6.04. The molecule has 4 rings (SSSR count). The molecule has 2 aliphatic rings. The predicted molar refractivity (Wildman–Crippen MR) is 95.9 cm³/mol. The second-order valence-corrected chi connectivity index (χ2v) is 7.18. The van der Waals surface area contributed by atoms with Gasteiger partial charge >= 0.3 is 0 Å². The number of fused-ring (bicyclic) bond motifs is 1. The molecule has 0 spiro atoms. The van der Waals surface area contributed by atoms with Gasteiger partial charge < -0.3 is 0 Å². The molecule has 0 unspecified atom stereocenters. The van der Waals surface area contributed by atoms with Gasteiger partial charge in [0.15, 0.2) is 0 Å². The third kappa shape index (κ3) is 2.78. The van der Waals surface area contributed by atoms with Crippen LogP contribution in [-0.2, 0) is 6.42 Å². The highest BCUT2D eigenvalue weighted by atomic mass is 32.2. The summed E-state index contributed by atoms with van der Waals surface area (Å²) < 4.78 is 0. The molecule has 1 aliphatic carbocycles. The van der Waals surface area contributed by atoms with Gasteiger partial charge in [0.05, 0.1) is 0 Å². The topological polar surface area (TPSA) is 0 Å². The average Bonchev–Trinajstić information content (AvgIpc) is 3.03. The fourth-order valence-corrected chi connectivity index (χ4v) is 4.72. The minimum absolute atomic E-state index is 1.20. The molecule has 1 heteroatoms. The molecule has 0 amide bonds. The maximum absolute atomic E-state index is 2.40. The number of hydrogen-bond donors (Lipinski definition) is 0. The number of benzene rings is 2. The standard InChI is InChI=1S/C21H20S/c1-2-7-16(8-3-1)15-18-10-6-11-19(18)21-14-13-17-9-4-5-12-20(17)22-21/h1-5,7-9,12,15H,6,10-11,13-14H2/b18-15+,21-19-. The van der Waals surface area contributed by atoms with Crippen molar-refractivity contribution in [1.29, 1.82) is 0 Å². The van der Waals surface area contributed by atoms with E-state index in [9.17, 15) is 0 Å². The van der Waals surface area contributed by atoms with Crippen molar-refractivity contribution in [3.8, 4) is 0 Å². The van der Waals surface area contributed by atoms with Crippen LogP contribution in [0.5, 0.6) is 0 Å². The number of hydrogen-bond acceptors (Lipinski definition) is 1. The molecule has 0 N–H and O–H groups in total. The van der Waals surface area contributed by atoms with Gasteiger partial charge in [-0.3, -0.25) is 0 Å². The lowest BCUT2D eigenvalue weighted by atomic mass is 10.0. The van der Waals surface area contributed by atoms with E-state index in [1.54, 1.807) is 16.1 Å². The Morgan fingerprint density at radius 2 is 1.59 bits per heavy atom. The summed E-state index contributed by atoms with van der Waals surface area (Å²) in [6, 6.07) is 19.6. The van der Waals surface area contributed by atoms with Gasteiger partial charge in [0, 0.05) is 4.90 Å². The maximum atomic E-state index is 2.40. The molecule has 1 aliphatic heterocycles. The van der Waals surface area contributed by atoms with E-state index < -0.39 is 0 Å². The number of aryl methyl sites for hydroxylation is 1. The molecule has 2 aromatic rings. The second kappa shape index (κ2) is 6.18. The van der Waals surface area contributed by atoms with E-state index in [4.69, 9.17) is 0 Å². The highest BCUT2D eigenvalue weighted by Gasteiger charge is 2.22. The number of rotatable bonds is 1. The van der Waals surface area contributed by atoms with Gasteiger partial charge in [0.2, 0.25) is 0 Å². The highest BCUT2D eigenvalue weighted by molar-refractivity contribution is 8.03. The predicted octanol–water partition coefficient (Wildman–Crippen LogP) is 6.25. The second-order valence-electron chi connectivity index (χ2n) is 6.05. The third-order valence-corrected chi connectivity index (χ3v) is 5.88. The average molecular weight is 304 g/mol. The van der Waals surface area contributed by atoms with Crippen LogP contribution in [0.1, 0.15) is 36.8 Å². The summed E-state index contributed by atoms with van der Waals surface area (Å²) in [4.78, 5) is 3.07. The minimum Gasteiger partial charge on any atom is -0.0940 e. The van der Waals surface area contributed by atoms with E-state index >= 15 is 0 Å². The van der Waals surface area contributed by atoms with Gasteiger partial charge in [-0.2, -0.15) is 0 Å². The maximum Gasteiger partial charge on any atom is 0.0151 e. The van der Waals surface area contributed by atoms with Gasteiger partial charge in [0.25, 0.3) is 0 Å². The van der Waals surface area contributed by atoms with Crippen LogP contribution in [0.15, 0.2) is 75.5 Å². The van der Waals surface area contributed by atoms with Crippen LogP contribution in [0.2, 0.25) is 0 Å². The smallest absolute Gasteiger partial charge is 0.0151 e. The quantitative estimate of drug-likeness (QED) is 0.600. The van der Waals surface area contributed by atoms with E-state index in [1.807, 2.05) is 11.8 Å². The van der Waals surface area contributed by atoms with Gasteiger partial charge in [0.1, 0.15) is 0 Å². The summed E-state index contributed by atoms with van der Waals surface area (Å²) >= 11 is 2.01. The van der Waals surface area contributed by atoms with E-state index in [1.165, 1.54) is 48.1 Å². The first-order valence-electron chi connectivity index (χ1n) is 8.14. The summed E-state index contributed by atoms with van der Waals surface area (Å²) in [5, 5.41) is 0. The van der Waals surface area contributed by atoms with Crippen LogP contribution in [0.25, 0.3) is 6.08 Å². The van der Waals surface area contributed by atoms with Crippen LogP contribution >= 0.6 is 11.8 Å². The molecule has 110 valence electrons. The monoisotopic (exact) mass is 304 g/mol.